The molecule has 2 rings (SSSR count). The average molecular weight is 323 g/mol. The van der Waals surface area contributed by atoms with E-state index in [-0.39, 0.29) is 11.5 Å². The first kappa shape index (κ1) is 11.2. The van der Waals surface area contributed by atoms with Crippen molar-refractivity contribution in [2.24, 2.45) is 0 Å². The number of nitrogens with one attached hydrogen (secondary N) is 1. The topological polar surface area (TPSA) is 47.6 Å². The molecule has 4 nitrogen and oxygen atoms in total. The molecular formula is C10H14INO3. The lowest BCUT2D eigenvalue weighted by molar-refractivity contribution is -0.200. The van der Waals surface area contributed by atoms with Crippen molar-refractivity contribution in [2.45, 2.75) is 37.9 Å². The zero-order chi connectivity index (χ0) is 11.3. The van der Waals surface area contributed by atoms with E-state index in [2.05, 4.69) is 27.9 Å². The van der Waals surface area contributed by atoms with E-state index in [0.717, 1.165) is 9.46 Å². The first-order valence-electron chi connectivity index (χ1n) is 4.83. The van der Waals surface area contributed by atoms with Crippen LogP contribution in [0.2, 0.25) is 0 Å². The molecule has 0 atom stereocenters. The van der Waals surface area contributed by atoms with E-state index in [4.69, 9.17) is 9.47 Å². The summed E-state index contributed by atoms with van der Waals surface area (Å²) >= 11 is 2.10. The molecule has 0 bridgehead atoms. The number of carbonyl (C=O) groups is 1. The molecule has 0 aromatic heterocycles. The van der Waals surface area contributed by atoms with Gasteiger partial charge in [-0.25, -0.2) is 0 Å². The zero-order valence-corrected chi connectivity index (χ0v) is 11.2. The van der Waals surface area contributed by atoms with Crippen LogP contribution in [0.5, 0.6) is 0 Å². The number of halogens is 1. The lowest BCUT2D eigenvalue weighted by Gasteiger charge is -2.52. The van der Waals surface area contributed by atoms with Crippen molar-refractivity contribution in [2.75, 3.05) is 7.11 Å². The molecule has 5 heteroatoms. The molecule has 1 spiro atoms. The van der Waals surface area contributed by atoms with Gasteiger partial charge in [-0.2, -0.15) is 0 Å². The number of hydrogen-bond acceptors (Lipinski definition) is 3. The van der Waals surface area contributed by atoms with E-state index < -0.39 is 5.60 Å². The molecule has 1 N–H and O–H groups in total. The van der Waals surface area contributed by atoms with Gasteiger partial charge in [0, 0.05) is 42.5 Å². The molecule has 0 aromatic carbocycles. The fourth-order valence-electron chi connectivity index (χ4n) is 2.16. The molecule has 0 aromatic rings. The van der Waals surface area contributed by atoms with E-state index >= 15 is 0 Å². The minimum Gasteiger partial charge on any atom is -0.469 e. The van der Waals surface area contributed by atoms with Gasteiger partial charge in [-0.05, 0) is 13.8 Å². The van der Waals surface area contributed by atoms with Crippen LogP contribution in [0.4, 0.5) is 0 Å². The standard InChI is InChI=1S/C10H14INO3/c1-6-7(11)15-10(8(13)12-6)4-9(2,5-10)14-3/h4-5H2,1-3H3,(H,12,13). The van der Waals surface area contributed by atoms with E-state index in [0.29, 0.717) is 12.8 Å². The summed E-state index contributed by atoms with van der Waals surface area (Å²) < 4.78 is 11.8. The van der Waals surface area contributed by atoms with Crippen LogP contribution in [0.3, 0.4) is 0 Å². The van der Waals surface area contributed by atoms with Crippen LogP contribution < -0.4 is 5.32 Å². The van der Waals surface area contributed by atoms with Gasteiger partial charge in [-0.1, -0.05) is 0 Å². The summed E-state index contributed by atoms with van der Waals surface area (Å²) in [4.78, 5) is 11.8. The van der Waals surface area contributed by atoms with Crippen molar-refractivity contribution < 1.29 is 14.3 Å². The molecule has 0 saturated heterocycles. The first-order valence-corrected chi connectivity index (χ1v) is 5.91. The summed E-state index contributed by atoms with van der Waals surface area (Å²) in [6.45, 7) is 3.83. The minimum atomic E-state index is -0.694. The van der Waals surface area contributed by atoms with E-state index in [1.54, 1.807) is 7.11 Å². The van der Waals surface area contributed by atoms with E-state index in [1.807, 2.05) is 13.8 Å². The fraction of sp³-hybridized carbons (Fsp3) is 0.700. The molecule has 1 saturated carbocycles. The third kappa shape index (κ3) is 1.65. The number of allylic oxidation sites excluding steroid dienone is 1. The Labute approximate surface area is 103 Å². The quantitative estimate of drug-likeness (QED) is 0.747. The Morgan fingerprint density at radius 2 is 2.13 bits per heavy atom. The summed E-state index contributed by atoms with van der Waals surface area (Å²) in [5.74, 6) is -0.0464. The molecule has 84 valence electrons. The third-order valence-corrected chi connectivity index (χ3v) is 4.14. The second-order valence-electron chi connectivity index (χ2n) is 4.46. The fourth-order valence-corrected chi connectivity index (χ4v) is 2.72. The highest BCUT2D eigenvalue weighted by Crippen LogP contribution is 2.49. The van der Waals surface area contributed by atoms with Gasteiger partial charge < -0.3 is 14.8 Å². The summed E-state index contributed by atoms with van der Waals surface area (Å²) in [6.07, 6.45) is 1.23. The van der Waals surface area contributed by atoms with Crippen LogP contribution in [0, 0.1) is 0 Å². The maximum atomic E-state index is 11.8. The van der Waals surface area contributed by atoms with Crippen molar-refractivity contribution in [1.29, 1.82) is 0 Å². The van der Waals surface area contributed by atoms with Crippen LogP contribution in [-0.4, -0.2) is 24.2 Å². The molecule has 1 fully saturated rings. The predicted octanol–water partition coefficient (Wildman–Crippen LogP) is 1.69. The molecule has 2 aliphatic rings. The number of hydrogen-bond donors (Lipinski definition) is 1. The van der Waals surface area contributed by atoms with Gasteiger partial charge in [0.05, 0.1) is 11.3 Å². The summed E-state index contributed by atoms with van der Waals surface area (Å²) in [5, 5.41) is 2.84. The third-order valence-electron chi connectivity index (χ3n) is 3.11. The molecule has 0 radical (unpaired) electrons. The monoisotopic (exact) mass is 323 g/mol. The molecule has 1 heterocycles. The van der Waals surface area contributed by atoms with Crippen LogP contribution >= 0.6 is 22.6 Å². The Kier molecular flexibility index (Phi) is 2.50. The Morgan fingerprint density at radius 3 is 2.67 bits per heavy atom. The van der Waals surface area contributed by atoms with Crippen molar-refractivity contribution in [3.05, 3.63) is 9.46 Å². The van der Waals surface area contributed by atoms with Crippen molar-refractivity contribution in [3.8, 4) is 0 Å². The SMILES string of the molecule is COC1(C)CC2(C1)OC(I)=C(C)NC2=O. The van der Waals surface area contributed by atoms with Crippen LogP contribution in [0.15, 0.2) is 9.46 Å². The zero-order valence-electron chi connectivity index (χ0n) is 9.02. The van der Waals surface area contributed by atoms with Gasteiger partial charge >= 0.3 is 0 Å². The molecule has 15 heavy (non-hydrogen) atoms. The van der Waals surface area contributed by atoms with Gasteiger partial charge in [-0.3, -0.25) is 4.79 Å². The van der Waals surface area contributed by atoms with Crippen LogP contribution in [0.25, 0.3) is 0 Å². The molecule has 1 aliphatic heterocycles. The van der Waals surface area contributed by atoms with Crippen LogP contribution in [0.1, 0.15) is 26.7 Å². The van der Waals surface area contributed by atoms with Gasteiger partial charge in [-0.15, -0.1) is 0 Å². The minimum absolute atomic E-state index is 0.0464. The number of rotatable bonds is 1. The van der Waals surface area contributed by atoms with E-state index in [9.17, 15) is 4.79 Å². The van der Waals surface area contributed by atoms with Crippen molar-refractivity contribution in [1.82, 2.24) is 5.32 Å². The lowest BCUT2D eigenvalue weighted by atomic mass is 9.67. The Hall–Kier alpha value is -0.300. The lowest BCUT2D eigenvalue weighted by Crippen LogP contribution is -2.65. The maximum Gasteiger partial charge on any atom is 0.268 e. The van der Waals surface area contributed by atoms with Gasteiger partial charge in [0.1, 0.15) is 0 Å². The van der Waals surface area contributed by atoms with Crippen molar-refractivity contribution >= 4 is 28.5 Å². The first-order chi connectivity index (χ1) is 6.91. The smallest absolute Gasteiger partial charge is 0.268 e. The molecule has 1 amide bonds. The normalized spacial score (nSPS) is 39.9. The molecule has 0 unspecified atom stereocenters. The number of methoxy groups -OCH3 is 1. The number of carbonyl (C=O) groups excluding carboxylic acids is 1. The Bertz CT molecular complexity index is 345. The van der Waals surface area contributed by atoms with Gasteiger partial charge in [0.25, 0.3) is 5.91 Å². The Morgan fingerprint density at radius 1 is 1.53 bits per heavy atom. The van der Waals surface area contributed by atoms with E-state index in [1.165, 1.54) is 0 Å². The highest BCUT2D eigenvalue weighted by atomic mass is 127. The van der Waals surface area contributed by atoms with Gasteiger partial charge in [0.15, 0.2) is 9.37 Å². The summed E-state index contributed by atoms with van der Waals surface area (Å²) in [5.41, 5.74) is -0.127. The maximum absolute atomic E-state index is 11.8. The average Bonchev–Trinajstić information content (AvgIpc) is 2.12. The molecule has 1 aliphatic carbocycles. The summed E-state index contributed by atoms with van der Waals surface area (Å²) in [6, 6.07) is 0. The summed E-state index contributed by atoms with van der Waals surface area (Å²) in [7, 11) is 1.67. The van der Waals surface area contributed by atoms with Crippen molar-refractivity contribution in [3.63, 3.8) is 0 Å². The second-order valence-corrected chi connectivity index (χ2v) is 5.44. The number of amides is 1. The largest absolute Gasteiger partial charge is 0.469 e. The number of ether oxygens (including phenoxy) is 2. The highest BCUT2D eigenvalue weighted by molar-refractivity contribution is 14.1. The predicted molar refractivity (Wildman–Crippen MR) is 63.3 cm³/mol. The van der Waals surface area contributed by atoms with Gasteiger partial charge in [0.2, 0.25) is 0 Å². The van der Waals surface area contributed by atoms with Crippen LogP contribution in [-0.2, 0) is 14.3 Å². The highest BCUT2D eigenvalue weighted by Gasteiger charge is 2.60. The Balaban J connectivity index is 2.17. The molecular weight excluding hydrogens is 309 g/mol. The second kappa shape index (κ2) is 3.35.